The first-order valence-corrected chi connectivity index (χ1v) is 9.79. The lowest BCUT2D eigenvalue weighted by atomic mass is 10.0. The molecule has 0 aromatic rings. The van der Waals surface area contributed by atoms with Gasteiger partial charge in [0.25, 0.3) is 0 Å². The predicted molar refractivity (Wildman–Crippen MR) is 94.1 cm³/mol. The lowest BCUT2D eigenvalue weighted by Gasteiger charge is -2.04. The average molecular weight is 286 g/mol. The smallest absolute Gasteiger partial charge is 0.0381 e. The molecule has 0 saturated heterocycles. The molecule has 0 saturated carbocycles. The molecule has 1 unspecified atom stereocenters. The van der Waals surface area contributed by atoms with E-state index in [1.165, 1.54) is 96.1 Å². The Balaban J connectivity index is 2.91. The van der Waals surface area contributed by atoms with Crippen molar-refractivity contribution in [3.63, 3.8) is 0 Å². The SMILES string of the molecule is CC(C)CCCCCCCCCCCCCCCP. The van der Waals surface area contributed by atoms with E-state index in [-0.39, 0.29) is 0 Å². The maximum absolute atomic E-state index is 2.83. The Morgan fingerprint density at radius 1 is 0.526 bits per heavy atom. The van der Waals surface area contributed by atoms with Crippen molar-refractivity contribution in [2.45, 2.75) is 104 Å². The van der Waals surface area contributed by atoms with Crippen LogP contribution in [0.5, 0.6) is 0 Å². The molecule has 0 aromatic carbocycles. The summed E-state index contributed by atoms with van der Waals surface area (Å²) in [4.78, 5) is 0. The van der Waals surface area contributed by atoms with E-state index in [2.05, 4.69) is 23.1 Å². The number of hydrogen-bond acceptors (Lipinski definition) is 0. The molecule has 116 valence electrons. The van der Waals surface area contributed by atoms with Gasteiger partial charge in [-0.15, -0.1) is 9.24 Å². The Labute approximate surface area is 125 Å². The van der Waals surface area contributed by atoms with Crippen molar-refractivity contribution >= 4 is 9.24 Å². The molecule has 0 spiro atoms. The van der Waals surface area contributed by atoms with Crippen molar-refractivity contribution in [3.8, 4) is 0 Å². The zero-order valence-corrected chi connectivity index (χ0v) is 14.9. The second-order valence-corrected chi connectivity index (χ2v) is 7.14. The van der Waals surface area contributed by atoms with Gasteiger partial charge >= 0.3 is 0 Å². The molecule has 0 aliphatic heterocycles. The van der Waals surface area contributed by atoms with Crippen molar-refractivity contribution in [3.05, 3.63) is 0 Å². The van der Waals surface area contributed by atoms with Crippen LogP contribution in [-0.4, -0.2) is 6.16 Å². The minimum Gasteiger partial charge on any atom is -0.138 e. The molecule has 0 fully saturated rings. The molecule has 0 bridgehead atoms. The Morgan fingerprint density at radius 2 is 0.842 bits per heavy atom. The van der Waals surface area contributed by atoms with Crippen LogP contribution >= 0.6 is 9.24 Å². The van der Waals surface area contributed by atoms with Crippen LogP contribution in [0.25, 0.3) is 0 Å². The van der Waals surface area contributed by atoms with Gasteiger partial charge in [-0.1, -0.05) is 97.3 Å². The molecule has 0 nitrogen and oxygen atoms in total. The highest BCUT2D eigenvalue weighted by Gasteiger charge is 1.95. The molecule has 0 N–H and O–H groups in total. The molecule has 0 aromatic heterocycles. The number of rotatable bonds is 15. The van der Waals surface area contributed by atoms with Crippen LogP contribution in [0.2, 0.25) is 0 Å². The largest absolute Gasteiger partial charge is 0.138 e. The normalized spacial score (nSPS) is 11.4. The molecule has 0 radical (unpaired) electrons. The molecule has 1 atom stereocenters. The fraction of sp³-hybridized carbons (Fsp3) is 1.00. The minimum atomic E-state index is 0.899. The van der Waals surface area contributed by atoms with Gasteiger partial charge in [0.1, 0.15) is 0 Å². The van der Waals surface area contributed by atoms with Gasteiger partial charge in [-0.05, 0) is 18.5 Å². The average Bonchev–Trinajstić information content (AvgIpc) is 2.39. The molecular weight excluding hydrogens is 247 g/mol. The lowest BCUT2D eigenvalue weighted by molar-refractivity contribution is 0.503. The molecule has 0 heterocycles. The maximum Gasteiger partial charge on any atom is -0.0381 e. The van der Waals surface area contributed by atoms with E-state index < -0.39 is 0 Å². The summed E-state index contributed by atoms with van der Waals surface area (Å²) >= 11 is 0. The summed E-state index contributed by atoms with van der Waals surface area (Å²) < 4.78 is 0. The fourth-order valence-corrected chi connectivity index (χ4v) is 2.93. The van der Waals surface area contributed by atoms with Gasteiger partial charge in [-0.3, -0.25) is 0 Å². The van der Waals surface area contributed by atoms with E-state index in [1.807, 2.05) is 0 Å². The van der Waals surface area contributed by atoms with Gasteiger partial charge in [0.2, 0.25) is 0 Å². The summed E-state index contributed by atoms with van der Waals surface area (Å²) in [5.74, 6) is 0.899. The molecule has 19 heavy (non-hydrogen) atoms. The molecule has 0 aliphatic rings. The number of hydrogen-bond donors (Lipinski definition) is 0. The van der Waals surface area contributed by atoms with Gasteiger partial charge in [-0.2, -0.15) is 0 Å². The van der Waals surface area contributed by atoms with E-state index in [4.69, 9.17) is 0 Å². The number of unbranched alkanes of at least 4 members (excludes halogenated alkanes) is 12. The summed E-state index contributed by atoms with van der Waals surface area (Å²) in [6, 6.07) is 0. The van der Waals surface area contributed by atoms with Crippen molar-refractivity contribution in [1.82, 2.24) is 0 Å². The van der Waals surface area contributed by atoms with Crippen LogP contribution in [0.15, 0.2) is 0 Å². The van der Waals surface area contributed by atoms with Crippen molar-refractivity contribution in [1.29, 1.82) is 0 Å². The molecule has 0 aliphatic carbocycles. The third-order valence-corrected chi connectivity index (χ3v) is 4.39. The second kappa shape index (κ2) is 16.5. The Hall–Kier alpha value is 0.430. The Kier molecular flexibility index (Phi) is 16.9. The zero-order chi connectivity index (χ0) is 14.2. The monoisotopic (exact) mass is 286 g/mol. The summed E-state index contributed by atoms with van der Waals surface area (Å²) in [7, 11) is 2.83. The van der Waals surface area contributed by atoms with Crippen LogP contribution in [0.4, 0.5) is 0 Å². The van der Waals surface area contributed by atoms with Crippen LogP contribution in [0.1, 0.15) is 104 Å². The van der Waals surface area contributed by atoms with E-state index in [0.717, 1.165) is 5.92 Å². The van der Waals surface area contributed by atoms with Gasteiger partial charge in [0.15, 0.2) is 0 Å². The van der Waals surface area contributed by atoms with E-state index in [9.17, 15) is 0 Å². The Morgan fingerprint density at radius 3 is 1.16 bits per heavy atom. The van der Waals surface area contributed by atoms with Crippen LogP contribution in [0.3, 0.4) is 0 Å². The standard InChI is InChI=1S/C18H39P/c1-18(2)16-14-12-10-8-6-4-3-5-7-9-11-13-15-17-19/h18H,3-17,19H2,1-2H3. The quantitative estimate of drug-likeness (QED) is 0.225. The molecular formula is C18H39P. The van der Waals surface area contributed by atoms with Crippen LogP contribution < -0.4 is 0 Å². The Bertz CT molecular complexity index is 154. The maximum atomic E-state index is 2.83. The van der Waals surface area contributed by atoms with Crippen LogP contribution in [-0.2, 0) is 0 Å². The first-order chi connectivity index (χ1) is 9.27. The summed E-state index contributed by atoms with van der Waals surface area (Å²) in [6.45, 7) is 4.67. The molecule has 0 amide bonds. The highest BCUT2D eigenvalue weighted by Crippen LogP contribution is 2.14. The summed E-state index contributed by atoms with van der Waals surface area (Å²) in [5, 5.41) is 0. The first-order valence-electron chi connectivity index (χ1n) is 8.97. The highest BCUT2D eigenvalue weighted by atomic mass is 31.0. The zero-order valence-electron chi connectivity index (χ0n) is 13.8. The first kappa shape index (κ1) is 19.4. The van der Waals surface area contributed by atoms with Crippen molar-refractivity contribution in [2.75, 3.05) is 6.16 Å². The van der Waals surface area contributed by atoms with E-state index >= 15 is 0 Å². The third-order valence-electron chi connectivity index (χ3n) is 3.99. The molecule has 0 rings (SSSR count). The second-order valence-electron chi connectivity index (χ2n) is 6.57. The summed E-state index contributed by atoms with van der Waals surface area (Å²) in [5.41, 5.74) is 0. The van der Waals surface area contributed by atoms with E-state index in [1.54, 1.807) is 0 Å². The van der Waals surface area contributed by atoms with E-state index in [0.29, 0.717) is 0 Å². The van der Waals surface area contributed by atoms with Gasteiger partial charge in [0.05, 0.1) is 0 Å². The summed E-state index contributed by atoms with van der Waals surface area (Å²) in [6.07, 6.45) is 21.8. The van der Waals surface area contributed by atoms with Gasteiger partial charge < -0.3 is 0 Å². The van der Waals surface area contributed by atoms with Crippen LogP contribution in [0, 0.1) is 5.92 Å². The van der Waals surface area contributed by atoms with Gasteiger partial charge in [0, 0.05) is 0 Å². The van der Waals surface area contributed by atoms with Crippen molar-refractivity contribution in [2.24, 2.45) is 5.92 Å². The lowest BCUT2D eigenvalue weighted by Crippen LogP contribution is -1.87. The predicted octanol–water partition coefficient (Wildman–Crippen LogP) is 6.98. The topological polar surface area (TPSA) is 0 Å². The van der Waals surface area contributed by atoms with Crippen molar-refractivity contribution < 1.29 is 0 Å². The highest BCUT2D eigenvalue weighted by molar-refractivity contribution is 7.16. The van der Waals surface area contributed by atoms with Gasteiger partial charge in [-0.25, -0.2) is 0 Å². The third kappa shape index (κ3) is 18.4. The minimum absolute atomic E-state index is 0.899. The molecule has 1 heteroatoms. The fourth-order valence-electron chi connectivity index (χ4n) is 2.64.